The second-order valence-electron chi connectivity index (χ2n) is 1.62. The molecular weight excluding hydrogens is 170 g/mol. The van der Waals surface area contributed by atoms with E-state index in [1.165, 1.54) is 18.0 Å². The van der Waals surface area contributed by atoms with Gasteiger partial charge in [0.2, 0.25) is 0 Å². The summed E-state index contributed by atoms with van der Waals surface area (Å²) in [6, 6.07) is 0. The molecule has 0 unspecified atom stereocenters. The van der Waals surface area contributed by atoms with Crippen LogP contribution in [0.25, 0.3) is 0 Å². The summed E-state index contributed by atoms with van der Waals surface area (Å²) < 4.78 is 0. The van der Waals surface area contributed by atoms with Crippen LogP contribution in [-0.2, 0) is 0 Å². The molecule has 0 aliphatic carbocycles. The van der Waals surface area contributed by atoms with Gasteiger partial charge in [0.1, 0.15) is 5.03 Å². The number of nitrogen functional groups attached to an aromatic ring is 1. The predicted molar refractivity (Wildman–Crippen MR) is 43.2 cm³/mol. The smallest absolute Gasteiger partial charge is 0.143 e. The SMILES string of the molecule is CSc1nncc(Cl)c1N. The first-order valence-electron chi connectivity index (χ1n) is 2.56. The molecule has 1 rings (SSSR count). The summed E-state index contributed by atoms with van der Waals surface area (Å²) in [7, 11) is 0. The molecule has 0 aromatic carbocycles. The first kappa shape index (κ1) is 7.63. The van der Waals surface area contributed by atoms with Crippen LogP contribution in [0.4, 0.5) is 5.69 Å². The average molecular weight is 176 g/mol. The van der Waals surface area contributed by atoms with Crippen molar-refractivity contribution in [3.8, 4) is 0 Å². The van der Waals surface area contributed by atoms with Crippen molar-refractivity contribution in [3.05, 3.63) is 11.2 Å². The highest BCUT2D eigenvalue weighted by Crippen LogP contribution is 2.25. The van der Waals surface area contributed by atoms with Crippen LogP contribution in [0, 0.1) is 0 Å². The van der Waals surface area contributed by atoms with E-state index in [1.54, 1.807) is 0 Å². The van der Waals surface area contributed by atoms with Crippen molar-refractivity contribution in [1.29, 1.82) is 0 Å². The molecule has 10 heavy (non-hydrogen) atoms. The third-order valence-electron chi connectivity index (χ3n) is 1.00. The van der Waals surface area contributed by atoms with Crippen LogP contribution in [0.5, 0.6) is 0 Å². The minimum Gasteiger partial charge on any atom is -0.395 e. The highest BCUT2D eigenvalue weighted by atomic mass is 35.5. The summed E-state index contributed by atoms with van der Waals surface area (Å²) in [5.41, 5.74) is 6.04. The lowest BCUT2D eigenvalue weighted by Gasteiger charge is -1.99. The number of hydrogen-bond acceptors (Lipinski definition) is 4. The fourth-order valence-electron chi connectivity index (χ4n) is 0.508. The van der Waals surface area contributed by atoms with Crippen molar-refractivity contribution in [3.63, 3.8) is 0 Å². The first-order valence-corrected chi connectivity index (χ1v) is 4.16. The quantitative estimate of drug-likeness (QED) is 0.657. The van der Waals surface area contributed by atoms with Gasteiger partial charge in [-0.2, -0.15) is 5.10 Å². The topological polar surface area (TPSA) is 51.8 Å². The zero-order chi connectivity index (χ0) is 7.56. The molecule has 0 aliphatic heterocycles. The molecular formula is C5H6ClN3S. The van der Waals surface area contributed by atoms with Crippen molar-refractivity contribution in [1.82, 2.24) is 10.2 Å². The Morgan fingerprint density at radius 1 is 1.70 bits per heavy atom. The van der Waals surface area contributed by atoms with Gasteiger partial charge in [-0.05, 0) is 6.26 Å². The molecule has 2 N–H and O–H groups in total. The van der Waals surface area contributed by atoms with Crippen LogP contribution in [0.1, 0.15) is 0 Å². The Balaban J connectivity index is 3.14. The number of thioether (sulfide) groups is 1. The molecule has 54 valence electrons. The van der Waals surface area contributed by atoms with Crippen LogP contribution in [0.3, 0.4) is 0 Å². The molecule has 0 saturated heterocycles. The molecule has 0 bridgehead atoms. The van der Waals surface area contributed by atoms with E-state index >= 15 is 0 Å². The number of rotatable bonds is 1. The summed E-state index contributed by atoms with van der Waals surface area (Å²) in [6.45, 7) is 0. The van der Waals surface area contributed by atoms with Crippen LogP contribution < -0.4 is 5.73 Å². The lowest BCUT2D eigenvalue weighted by molar-refractivity contribution is 0.937. The van der Waals surface area contributed by atoms with E-state index in [4.69, 9.17) is 17.3 Å². The van der Waals surface area contributed by atoms with E-state index in [2.05, 4.69) is 10.2 Å². The minimum absolute atomic E-state index is 0.458. The first-order chi connectivity index (χ1) is 4.75. The predicted octanol–water partition coefficient (Wildman–Crippen LogP) is 1.43. The van der Waals surface area contributed by atoms with Crippen molar-refractivity contribution in [2.45, 2.75) is 5.03 Å². The highest BCUT2D eigenvalue weighted by Gasteiger charge is 2.02. The summed E-state index contributed by atoms with van der Waals surface area (Å²) >= 11 is 7.08. The minimum atomic E-state index is 0.458. The van der Waals surface area contributed by atoms with Gasteiger partial charge in [0.25, 0.3) is 0 Å². The monoisotopic (exact) mass is 175 g/mol. The van der Waals surface area contributed by atoms with Crippen molar-refractivity contribution >= 4 is 29.1 Å². The van der Waals surface area contributed by atoms with Crippen LogP contribution in [-0.4, -0.2) is 16.5 Å². The second kappa shape index (κ2) is 3.07. The maximum absolute atomic E-state index is 5.65. The zero-order valence-electron chi connectivity index (χ0n) is 5.34. The maximum atomic E-state index is 5.65. The number of halogens is 1. The average Bonchev–Trinajstić information content (AvgIpc) is 1.95. The molecule has 0 saturated carbocycles. The third kappa shape index (κ3) is 1.33. The highest BCUT2D eigenvalue weighted by molar-refractivity contribution is 7.98. The van der Waals surface area contributed by atoms with E-state index in [0.29, 0.717) is 15.7 Å². The van der Waals surface area contributed by atoms with Gasteiger partial charge in [-0.15, -0.1) is 16.9 Å². The lowest BCUT2D eigenvalue weighted by Crippen LogP contribution is -1.94. The Hall–Kier alpha value is -0.480. The molecule has 3 nitrogen and oxygen atoms in total. The van der Waals surface area contributed by atoms with Gasteiger partial charge in [-0.3, -0.25) is 0 Å². The fourth-order valence-corrected chi connectivity index (χ4v) is 1.16. The Morgan fingerprint density at radius 2 is 2.40 bits per heavy atom. The van der Waals surface area contributed by atoms with Gasteiger partial charge in [0, 0.05) is 0 Å². The van der Waals surface area contributed by atoms with Gasteiger partial charge >= 0.3 is 0 Å². The molecule has 1 heterocycles. The number of aromatic nitrogens is 2. The number of anilines is 1. The molecule has 1 aromatic rings. The van der Waals surface area contributed by atoms with Gasteiger partial charge in [0.05, 0.1) is 16.9 Å². The van der Waals surface area contributed by atoms with Crippen LogP contribution in [0.15, 0.2) is 11.2 Å². The molecule has 0 spiro atoms. The summed E-state index contributed by atoms with van der Waals surface area (Å²) in [5, 5.41) is 8.53. The third-order valence-corrected chi connectivity index (χ3v) is 1.99. The number of nitrogens with zero attached hydrogens (tertiary/aromatic N) is 2. The van der Waals surface area contributed by atoms with E-state index in [-0.39, 0.29) is 0 Å². The Kier molecular flexibility index (Phi) is 2.34. The van der Waals surface area contributed by atoms with Crippen LogP contribution in [0.2, 0.25) is 5.02 Å². The van der Waals surface area contributed by atoms with Crippen LogP contribution >= 0.6 is 23.4 Å². The Morgan fingerprint density at radius 3 is 2.90 bits per heavy atom. The number of hydrogen-bond donors (Lipinski definition) is 1. The molecule has 1 aromatic heterocycles. The van der Waals surface area contributed by atoms with E-state index < -0.39 is 0 Å². The molecule has 0 fully saturated rings. The largest absolute Gasteiger partial charge is 0.395 e. The van der Waals surface area contributed by atoms with Crippen molar-refractivity contribution < 1.29 is 0 Å². The van der Waals surface area contributed by atoms with Gasteiger partial charge in [-0.25, -0.2) is 0 Å². The fraction of sp³-hybridized carbons (Fsp3) is 0.200. The lowest BCUT2D eigenvalue weighted by atomic mass is 10.5. The normalized spacial score (nSPS) is 9.80. The molecule has 5 heteroatoms. The Labute approximate surface area is 68.0 Å². The Bertz CT molecular complexity index is 240. The second-order valence-corrected chi connectivity index (χ2v) is 2.82. The van der Waals surface area contributed by atoms with E-state index in [0.717, 1.165) is 0 Å². The molecule has 0 radical (unpaired) electrons. The van der Waals surface area contributed by atoms with Gasteiger partial charge < -0.3 is 5.73 Å². The summed E-state index contributed by atoms with van der Waals surface area (Å²) in [6.07, 6.45) is 3.30. The molecule has 0 amide bonds. The molecule has 0 atom stereocenters. The molecule has 0 aliphatic rings. The number of nitrogens with two attached hydrogens (primary N) is 1. The zero-order valence-corrected chi connectivity index (χ0v) is 6.91. The summed E-state index contributed by atoms with van der Waals surface area (Å²) in [5.74, 6) is 0. The summed E-state index contributed by atoms with van der Waals surface area (Å²) in [4.78, 5) is 0. The standard InChI is InChI=1S/C5H6ClN3S/c1-10-5-4(7)3(6)2-8-9-5/h2H,1H3,(H2,7,8). The van der Waals surface area contributed by atoms with E-state index in [9.17, 15) is 0 Å². The van der Waals surface area contributed by atoms with Crippen molar-refractivity contribution in [2.24, 2.45) is 0 Å². The van der Waals surface area contributed by atoms with Crippen molar-refractivity contribution in [2.75, 3.05) is 12.0 Å². The van der Waals surface area contributed by atoms with Gasteiger partial charge in [0.15, 0.2) is 0 Å². The van der Waals surface area contributed by atoms with Gasteiger partial charge in [-0.1, -0.05) is 11.6 Å². The van der Waals surface area contributed by atoms with E-state index in [1.807, 2.05) is 6.26 Å². The maximum Gasteiger partial charge on any atom is 0.143 e.